The lowest BCUT2D eigenvalue weighted by Crippen LogP contribution is -2.53. The fraction of sp³-hybridized carbons (Fsp3) is 0.900. The van der Waals surface area contributed by atoms with E-state index in [9.17, 15) is 9.90 Å². The van der Waals surface area contributed by atoms with E-state index in [4.69, 9.17) is 10.5 Å². The number of ether oxygens (including phenoxy) is 1. The number of nitrogens with zero attached hydrogens (tertiary/aromatic N) is 1. The third-order valence-corrected chi connectivity index (χ3v) is 2.27. The summed E-state index contributed by atoms with van der Waals surface area (Å²) in [6.45, 7) is 6.33. The van der Waals surface area contributed by atoms with Gasteiger partial charge >= 0.3 is 6.09 Å². The first-order valence-electron chi connectivity index (χ1n) is 5.21. The minimum atomic E-state index is -0.510. The summed E-state index contributed by atoms with van der Waals surface area (Å²) < 4.78 is 5.21. The molecule has 0 aliphatic carbocycles. The molecule has 0 radical (unpaired) electrons. The molecule has 1 rings (SSSR count). The summed E-state index contributed by atoms with van der Waals surface area (Å²) in [5.74, 6) is 0. The molecular weight excluding hydrogens is 196 g/mol. The van der Waals surface area contributed by atoms with E-state index in [1.54, 1.807) is 4.90 Å². The maximum atomic E-state index is 11.6. The fourth-order valence-corrected chi connectivity index (χ4v) is 1.46. The van der Waals surface area contributed by atoms with E-state index in [0.717, 1.165) is 0 Å². The molecule has 5 heteroatoms. The number of nitrogens with two attached hydrogens (primary N) is 1. The van der Waals surface area contributed by atoms with Crippen LogP contribution in [0.2, 0.25) is 0 Å². The normalized spacial score (nSPS) is 27.7. The van der Waals surface area contributed by atoms with E-state index in [1.807, 2.05) is 20.8 Å². The molecule has 88 valence electrons. The number of aliphatic hydroxyl groups is 1. The highest BCUT2D eigenvalue weighted by molar-refractivity contribution is 5.68. The first kappa shape index (κ1) is 12.3. The van der Waals surface area contributed by atoms with Crippen molar-refractivity contribution in [2.24, 2.45) is 5.73 Å². The summed E-state index contributed by atoms with van der Waals surface area (Å²) in [7, 11) is 0. The Kier molecular flexibility index (Phi) is 3.57. The molecule has 1 fully saturated rings. The van der Waals surface area contributed by atoms with Gasteiger partial charge in [0.05, 0.1) is 6.10 Å². The van der Waals surface area contributed by atoms with Gasteiger partial charge in [0.2, 0.25) is 0 Å². The Morgan fingerprint density at radius 2 is 2.13 bits per heavy atom. The van der Waals surface area contributed by atoms with Crippen molar-refractivity contribution in [3.8, 4) is 0 Å². The van der Waals surface area contributed by atoms with Crippen LogP contribution in [0.3, 0.4) is 0 Å². The number of hydrogen-bond acceptors (Lipinski definition) is 4. The van der Waals surface area contributed by atoms with Crippen LogP contribution in [0.1, 0.15) is 27.2 Å². The monoisotopic (exact) mass is 216 g/mol. The van der Waals surface area contributed by atoms with Crippen LogP contribution < -0.4 is 5.73 Å². The van der Waals surface area contributed by atoms with Gasteiger partial charge in [0.15, 0.2) is 0 Å². The van der Waals surface area contributed by atoms with Crippen LogP contribution >= 0.6 is 0 Å². The number of amides is 1. The zero-order chi connectivity index (χ0) is 11.6. The Bertz CT molecular complexity index is 237. The van der Waals surface area contributed by atoms with Gasteiger partial charge in [-0.2, -0.15) is 0 Å². The minimum Gasteiger partial charge on any atom is -0.444 e. The molecule has 0 unspecified atom stereocenters. The molecule has 1 aliphatic rings. The Morgan fingerprint density at radius 1 is 1.53 bits per heavy atom. The van der Waals surface area contributed by atoms with E-state index in [1.165, 1.54) is 0 Å². The first-order chi connectivity index (χ1) is 6.79. The summed E-state index contributed by atoms with van der Waals surface area (Å²) in [4.78, 5) is 13.2. The van der Waals surface area contributed by atoms with Crippen LogP contribution in [-0.4, -0.2) is 46.9 Å². The van der Waals surface area contributed by atoms with Crippen molar-refractivity contribution in [2.45, 2.75) is 44.9 Å². The molecule has 2 atom stereocenters. The van der Waals surface area contributed by atoms with Crippen LogP contribution in [-0.2, 0) is 4.74 Å². The molecule has 3 N–H and O–H groups in total. The van der Waals surface area contributed by atoms with Crippen LogP contribution in [0, 0.1) is 0 Å². The Balaban J connectivity index is 2.48. The number of likely N-dealkylation sites (tertiary alicyclic amines) is 1. The topological polar surface area (TPSA) is 75.8 Å². The number of hydrogen-bond donors (Lipinski definition) is 2. The second-order valence-corrected chi connectivity index (χ2v) is 4.95. The van der Waals surface area contributed by atoms with E-state index in [0.29, 0.717) is 19.5 Å². The molecule has 1 amide bonds. The molecule has 5 nitrogen and oxygen atoms in total. The van der Waals surface area contributed by atoms with Crippen molar-refractivity contribution in [2.75, 3.05) is 13.1 Å². The lowest BCUT2D eigenvalue weighted by Gasteiger charge is -2.35. The molecular formula is C10H20N2O3. The Hall–Kier alpha value is -0.810. The fourth-order valence-electron chi connectivity index (χ4n) is 1.46. The Morgan fingerprint density at radius 3 is 2.60 bits per heavy atom. The zero-order valence-corrected chi connectivity index (χ0v) is 9.56. The summed E-state index contributed by atoms with van der Waals surface area (Å²) in [6, 6.07) is -0.369. The van der Waals surface area contributed by atoms with E-state index in [2.05, 4.69) is 0 Å². The average Bonchev–Trinajstić information content (AvgIpc) is 2.06. The van der Waals surface area contributed by atoms with E-state index in [-0.39, 0.29) is 12.1 Å². The third-order valence-electron chi connectivity index (χ3n) is 2.27. The molecule has 15 heavy (non-hydrogen) atoms. The second-order valence-electron chi connectivity index (χ2n) is 4.95. The molecule has 0 spiro atoms. The highest BCUT2D eigenvalue weighted by Crippen LogP contribution is 2.14. The van der Waals surface area contributed by atoms with Crippen LogP contribution in [0.15, 0.2) is 0 Å². The largest absolute Gasteiger partial charge is 0.444 e. The lowest BCUT2D eigenvalue weighted by atomic mass is 10.0. The number of carbonyl (C=O) groups excluding carboxylic acids is 1. The second kappa shape index (κ2) is 4.37. The molecule has 0 aromatic rings. The minimum absolute atomic E-state index is 0.357. The smallest absolute Gasteiger partial charge is 0.410 e. The van der Waals surface area contributed by atoms with Gasteiger partial charge in [-0.1, -0.05) is 0 Å². The average molecular weight is 216 g/mol. The van der Waals surface area contributed by atoms with Gasteiger partial charge in [0.1, 0.15) is 5.60 Å². The molecule has 0 bridgehead atoms. The van der Waals surface area contributed by atoms with Crippen molar-refractivity contribution in [1.82, 2.24) is 4.90 Å². The maximum Gasteiger partial charge on any atom is 0.410 e. The van der Waals surface area contributed by atoms with Gasteiger partial charge < -0.3 is 20.5 Å². The highest BCUT2D eigenvalue weighted by Gasteiger charge is 2.30. The number of piperidine rings is 1. The number of aliphatic hydroxyl groups excluding tert-OH is 1. The Labute approximate surface area is 90.2 Å². The summed E-state index contributed by atoms with van der Waals surface area (Å²) in [5.41, 5.74) is 5.18. The summed E-state index contributed by atoms with van der Waals surface area (Å²) >= 11 is 0. The van der Waals surface area contributed by atoms with Gasteiger partial charge in [-0.05, 0) is 27.2 Å². The number of rotatable bonds is 0. The van der Waals surface area contributed by atoms with Crippen LogP contribution in [0.4, 0.5) is 4.79 Å². The molecule has 1 aliphatic heterocycles. The summed E-state index contributed by atoms with van der Waals surface area (Å²) in [5, 5.41) is 9.41. The third kappa shape index (κ3) is 3.68. The van der Waals surface area contributed by atoms with Crippen molar-refractivity contribution in [1.29, 1.82) is 0 Å². The van der Waals surface area contributed by atoms with Crippen molar-refractivity contribution in [3.05, 3.63) is 0 Å². The zero-order valence-electron chi connectivity index (χ0n) is 9.56. The lowest BCUT2D eigenvalue weighted by molar-refractivity contribution is 0.00490. The SMILES string of the molecule is CC(C)(C)OC(=O)N1CC[C@@H](O)[C@H](N)C1. The van der Waals surface area contributed by atoms with Gasteiger partial charge in [-0.25, -0.2) is 4.79 Å². The summed E-state index contributed by atoms with van der Waals surface area (Å²) in [6.07, 6.45) is -0.353. The first-order valence-corrected chi connectivity index (χ1v) is 5.21. The predicted octanol–water partition coefficient (Wildman–Crippen LogP) is 0.315. The molecule has 1 saturated heterocycles. The van der Waals surface area contributed by atoms with Gasteiger partial charge in [0.25, 0.3) is 0 Å². The van der Waals surface area contributed by atoms with Crippen molar-refractivity contribution >= 4 is 6.09 Å². The van der Waals surface area contributed by atoms with Gasteiger partial charge in [-0.15, -0.1) is 0 Å². The van der Waals surface area contributed by atoms with Crippen LogP contribution in [0.5, 0.6) is 0 Å². The van der Waals surface area contributed by atoms with Crippen molar-refractivity contribution in [3.63, 3.8) is 0 Å². The van der Waals surface area contributed by atoms with Crippen molar-refractivity contribution < 1.29 is 14.6 Å². The number of carbonyl (C=O) groups is 1. The highest BCUT2D eigenvalue weighted by atomic mass is 16.6. The molecule has 0 aromatic carbocycles. The van der Waals surface area contributed by atoms with Gasteiger partial charge in [-0.3, -0.25) is 0 Å². The van der Waals surface area contributed by atoms with Crippen LogP contribution in [0.25, 0.3) is 0 Å². The van der Waals surface area contributed by atoms with Gasteiger partial charge in [0, 0.05) is 19.1 Å². The standard InChI is InChI=1S/C10H20N2O3/c1-10(2,3)15-9(14)12-5-4-8(13)7(11)6-12/h7-8,13H,4-6,11H2,1-3H3/t7-,8-/m1/s1. The molecule has 0 aromatic heterocycles. The predicted molar refractivity (Wildman–Crippen MR) is 56.4 cm³/mol. The molecule has 1 heterocycles. The quantitative estimate of drug-likeness (QED) is 0.611. The molecule has 0 saturated carbocycles. The van der Waals surface area contributed by atoms with E-state index >= 15 is 0 Å². The maximum absolute atomic E-state index is 11.6. The van der Waals surface area contributed by atoms with E-state index < -0.39 is 11.7 Å².